The molecule has 5 aromatic rings. The molecular weight excluding hydrogens is 480 g/mol. The van der Waals surface area contributed by atoms with E-state index in [1.54, 1.807) is 6.33 Å². The van der Waals surface area contributed by atoms with E-state index in [0.717, 1.165) is 64.8 Å². The van der Waals surface area contributed by atoms with Crippen LogP contribution in [0.4, 0.5) is 5.82 Å². The predicted octanol–water partition coefficient (Wildman–Crippen LogP) is 6.69. The van der Waals surface area contributed by atoms with Gasteiger partial charge in [-0.15, -0.1) is 0 Å². The highest BCUT2D eigenvalue weighted by Gasteiger charge is 2.32. The van der Waals surface area contributed by atoms with Crippen LogP contribution in [0, 0.1) is 0 Å². The van der Waals surface area contributed by atoms with Gasteiger partial charge in [-0.1, -0.05) is 84.9 Å². The van der Waals surface area contributed by atoms with Crippen LogP contribution < -0.4 is 5.32 Å². The van der Waals surface area contributed by atoms with E-state index in [2.05, 4.69) is 86.9 Å². The van der Waals surface area contributed by atoms with Crippen LogP contribution in [-0.2, 0) is 24.2 Å². The van der Waals surface area contributed by atoms with Crippen molar-refractivity contribution in [1.29, 1.82) is 0 Å². The van der Waals surface area contributed by atoms with Crippen molar-refractivity contribution in [2.75, 3.05) is 11.9 Å². The smallest absolute Gasteiger partial charge is 0.227 e. The van der Waals surface area contributed by atoms with Gasteiger partial charge in [0.05, 0.1) is 11.9 Å². The molecule has 194 valence electrons. The van der Waals surface area contributed by atoms with Crippen LogP contribution >= 0.6 is 0 Å². The second-order valence-electron chi connectivity index (χ2n) is 10.2. The Kier molecular flexibility index (Phi) is 7.30. The summed E-state index contributed by atoms with van der Waals surface area (Å²) in [5.41, 5.74) is 6.65. The van der Waals surface area contributed by atoms with Crippen molar-refractivity contribution in [2.45, 2.75) is 38.3 Å². The number of nitrogens with zero attached hydrogens (tertiary/aromatic N) is 3. The standard InChI is InChI=1S/C34H32N4O/c39-33(21-26-10-5-2-6-11-26)38(30-15-16-30)23-27-12-7-13-28(20-27)29-14-17-32-31(22-29)34(37-24-36-32)35-19-18-25-8-3-1-4-9-25/h1-14,17,20,22,24,30H,15-16,18-19,21,23H2,(H,35,36,37). The van der Waals surface area contributed by atoms with E-state index in [4.69, 9.17) is 0 Å². The molecule has 1 heterocycles. The first-order valence-corrected chi connectivity index (χ1v) is 13.7. The minimum absolute atomic E-state index is 0.197. The van der Waals surface area contributed by atoms with Gasteiger partial charge in [0.25, 0.3) is 0 Å². The van der Waals surface area contributed by atoms with Gasteiger partial charge in [-0.2, -0.15) is 0 Å². The highest BCUT2D eigenvalue weighted by atomic mass is 16.2. The number of anilines is 1. The van der Waals surface area contributed by atoms with E-state index in [1.807, 2.05) is 36.4 Å². The number of aromatic nitrogens is 2. The minimum Gasteiger partial charge on any atom is -0.369 e. The van der Waals surface area contributed by atoms with Gasteiger partial charge in [0, 0.05) is 24.5 Å². The summed E-state index contributed by atoms with van der Waals surface area (Å²) in [5.74, 6) is 1.04. The number of fused-ring (bicyclic) bond motifs is 1. The van der Waals surface area contributed by atoms with E-state index >= 15 is 0 Å². The van der Waals surface area contributed by atoms with Crippen molar-refractivity contribution in [3.05, 3.63) is 126 Å². The lowest BCUT2D eigenvalue weighted by Crippen LogP contribution is -2.33. The van der Waals surface area contributed by atoms with Crippen LogP contribution in [-0.4, -0.2) is 33.4 Å². The Morgan fingerprint density at radius 3 is 2.26 bits per heavy atom. The first kappa shape index (κ1) is 24.8. The van der Waals surface area contributed by atoms with Gasteiger partial charge in [0.15, 0.2) is 0 Å². The maximum absolute atomic E-state index is 13.2. The van der Waals surface area contributed by atoms with Crippen LogP contribution in [0.1, 0.15) is 29.5 Å². The molecule has 1 amide bonds. The summed E-state index contributed by atoms with van der Waals surface area (Å²) >= 11 is 0. The van der Waals surface area contributed by atoms with Crippen LogP contribution in [0.2, 0.25) is 0 Å². The Hall–Kier alpha value is -4.51. The maximum Gasteiger partial charge on any atom is 0.227 e. The summed E-state index contributed by atoms with van der Waals surface area (Å²) in [6, 6.07) is 35.7. The third kappa shape index (κ3) is 6.15. The molecule has 0 saturated heterocycles. The molecule has 1 saturated carbocycles. The summed E-state index contributed by atoms with van der Waals surface area (Å²) in [4.78, 5) is 24.3. The van der Waals surface area contributed by atoms with E-state index in [-0.39, 0.29) is 5.91 Å². The molecule has 1 N–H and O–H groups in total. The zero-order valence-corrected chi connectivity index (χ0v) is 22.0. The minimum atomic E-state index is 0.197. The summed E-state index contributed by atoms with van der Waals surface area (Å²) in [7, 11) is 0. The van der Waals surface area contributed by atoms with Crippen molar-refractivity contribution in [1.82, 2.24) is 14.9 Å². The Morgan fingerprint density at radius 2 is 1.49 bits per heavy atom. The average molecular weight is 513 g/mol. The number of carbonyl (C=O) groups excluding carboxylic acids is 1. The molecule has 1 fully saturated rings. The molecule has 0 unspecified atom stereocenters. The lowest BCUT2D eigenvalue weighted by molar-refractivity contribution is -0.131. The molecule has 1 aliphatic rings. The number of nitrogens with one attached hydrogen (secondary N) is 1. The van der Waals surface area contributed by atoms with E-state index in [0.29, 0.717) is 19.0 Å². The quantitative estimate of drug-likeness (QED) is 0.227. The summed E-state index contributed by atoms with van der Waals surface area (Å²) in [6.07, 6.45) is 5.17. The highest BCUT2D eigenvalue weighted by Crippen LogP contribution is 2.31. The summed E-state index contributed by atoms with van der Waals surface area (Å²) in [5, 5.41) is 4.51. The first-order valence-electron chi connectivity index (χ1n) is 13.7. The predicted molar refractivity (Wildman–Crippen MR) is 157 cm³/mol. The lowest BCUT2D eigenvalue weighted by atomic mass is 10.0. The zero-order chi connectivity index (χ0) is 26.4. The largest absolute Gasteiger partial charge is 0.369 e. The summed E-state index contributed by atoms with van der Waals surface area (Å²) in [6.45, 7) is 1.43. The number of rotatable bonds is 10. The first-order chi connectivity index (χ1) is 19.2. The second-order valence-corrected chi connectivity index (χ2v) is 10.2. The maximum atomic E-state index is 13.2. The number of benzene rings is 4. The van der Waals surface area contributed by atoms with Gasteiger partial charge in [-0.05, 0) is 65.3 Å². The van der Waals surface area contributed by atoms with E-state index in [9.17, 15) is 4.79 Å². The van der Waals surface area contributed by atoms with Gasteiger partial charge in [0.1, 0.15) is 12.1 Å². The Morgan fingerprint density at radius 1 is 0.769 bits per heavy atom. The SMILES string of the molecule is O=C(Cc1ccccc1)N(Cc1cccc(-c2ccc3ncnc(NCCc4ccccc4)c3c2)c1)C1CC1. The zero-order valence-electron chi connectivity index (χ0n) is 22.0. The van der Waals surface area contributed by atoms with Crippen molar-refractivity contribution >= 4 is 22.6 Å². The molecule has 0 radical (unpaired) electrons. The monoisotopic (exact) mass is 512 g/mol. The molecule has 0 spiro atoms. The molecule has 0 aliphatic heterocycles. The lowest BCUT2D eigenvalue weighted by Gasteiger charge is -2.23. The fraction of sp³-hybridized carbons (Fsp3) is 0.206. The molecule has 4 aromatic carbocycles. The van der Waals surface area contributed by atoms with Crippen LogP contribution in [0.5, 0.6) is 0 Å². The molecule has 5 nitrogen and oxygen atoms in total. The number of hydrogen-bond acceptors (Lipinski definition) is 4. The average Bonchev–Trinajstić information content (AvgIpc) is 3.82. The third-order valence-electron chi connectivity index (χ3n) is 7.30. The van der Waals surface area contributed by atoms with E-state index in [1.165, 1.54) is 5.56 Å². The molecule has 1 aromatic heterocycles. The van der Waals surface area contributed by atoms with Gasteiger partial charge in [0.2, 0.25) is 5.91 Å². The Labute approximate surface area is 229 Å². The molecule has 0 atom stereocenters. The molecule has 0 bridgehead atoms. The van der Waals surface area contributed by atoms with Crippen LogP contribution in [0.3, 0.4) is 0 Å². The van der Waals surface area contributed by atoms with Gasteiger partial charge in [-0.3, -0.25) is 4.79 Å². The third-order valence-corrected chi connectivity index (χ3v) is 7.30. The van der Waals surface area contributed by atoms with Crippen molar-refractivity contribution in [3.8, 4) is 11.1 Å². The normalized spacial score (nSPS) is 12.8. The number of hydrogen-bond donors (Lipinski definition) is 1. The van der Waals surface area contributed by atoms with Crippen molar-refractivity contribution in [2.24, 2.45) is 0 Å². The fourth-order valence-corrected chi connectivity index (χ4v) is 5.07. The molecule has 39 heavy (non-hydrogen) atoms. The van der Waals surface area contributed by atoms with Crippen molar-refractivity contribution < 1.29 is 4.79 Å². The van der Waals surface area contributed by atoms with Crippen LogP contribution in [0.15, 0.2) is 109 Å². The van der Waals surface area contributed by atoms with Gasteiger partial charge in [-0.25, -0.2) is 9.97 Å². The van der Waals surface area contributed by atoms with Crippen molar-refractivity contribution in [3.63, 3.8) is 0 Å². The fourth-order valence-electron chi connectivity index (χ4n) is 5.07. The molecule has 5 heteroatoms. The highest BCUT2D eigenvalue weighted by molar-refractivity contribution is 5.92. The van der Waals surface area contributed by atoms with Crippen LogP contribution in [0.25, 0.3) is 22.0 Å². The molecule has 6 rings (SSSR count). The van der Waals surface area contributed by atoms with E-state index < -0.39 is 0 Å². The molecular formula is C34H32N4O. The van der Waals surface area contributed by atoms with Gasteiger partial charge >= 0.3 is 0 Å². The Bertz CT molecular complexity index is 1560. The topological polar surface area (TPSA) is 58.1 Å². The number of amides is 1. The molecule has 1 aliphatic carbocycles. The second kappa shape index (κ2) is 11.5. The summed E-state index contributed by atoms with van der Waals surface area (Å²) < 4.78 is 0. The Balaban J connectivity index is 1.20. The van der Waals surface area contributed by atoms with Gasteiger partial charge < -0.3 is 10.2 Å². The number of carbonyl (C=O) groups is 1.